The van der Waals surface area contributed by atoms with Gasteiger partial charge in [-0.2, -0.15) is 0 Å². The van der Waals surface area contributed by atoms with Crippen molar-refractivity contribution in [2.24, 2.45) is 0 Å². The number of fused-ring (bicyclic) bond motifs is 8. The zero-order chi connectivity index (χ0) is 55.3. The van der Waals surface area contributed by atoms with Gasteiger partial charge in [-0.1, -0.05) is 157 Å². The van der Waals surface area contributed by atoms with Crippen LogP contribution in [0.2, 0.25) is 0 Å². The van der Waals surface area contributed by atoms with E-state index in [-0.39, 0.29) is 0 Å². The summed E-state index contributed by atoms with van der Waals surface area (Å²) in [4.78, 5) is 0. The van der Waals surface area contributed by atoms with E-state index in [1.165, 1.54) is 0 Å². The maximum atomic E-state index is 9.77. The third-order valence-electron chi connectivity index (χ3n) is 7.87. The largest absolute Gasteiger partial charge is 0.455 e. The highest BCUT2D eigenvalue weighted by Crippen LogP contribution is 2.49. The molecule has 0 N–H and O–H groups in total. The van der Waals surface area contributed by atoms with Crippen LogP contribution in [0.1, 0.15) is 38.4 Å². The monoisotopic (exact) mass is 624 g/mol. The molecule has 0 aliphatic rings. The molecule has 0 saturated carbocycles. The van der Waals surface area contributed by atoms with Crippen LogP contribution in [0.25, 0.3) is 98.4 Å². The first-order chi connectivity index (χ1) is 35.0. The summed E-state index contributed by atoms with van der Waals surface area (Å²) in [6, 6.07) is -26.5. The van der Waals surface area contributed by atoms with Crippen LogP contribution in [0.5, 0.6) is 0 Å². The van der Waals surface area contributed by atoms with Crippen molar-refractivity contribution in [3.63, 3.8) is 0 Å². The number of benzene rings is 9. The SMILES string of the molecule is [2H]c1c([2H])c([2H])c(-c2c([2H])c([2H])c(-c3c4c([2H])c([2H])c([2H])c([2H])c4c(-c4c([2H])c([2H])c([2H])c5oc6c7c([2H])c([2H])c([2H])c([2H])c7c([2H])c([2H])c6c45)c4c([2H])c([2H])c([2H])c([2H])c34)c3c([2H])c([2H])c([2H])c([2H])c23)c([2H])c1[2H]. The summed E-state index contributed by atoms with van der Waals surface area (Å²) in [5.41, 5.74) is -5.77. The van der Waals surface area contributed by atoms with Crippen LogP contribution < -0.4 is 0 Å². The van der Waals surface area contributed by atoms with Gasteiger partial charge in [-0.05, 0) is 83.2 Å². The van der Waals surface area contributed by atoms with Crippen LogP contribution in [0.4, 0.5) is 0 Å². The van der Waals surface area contributed by atoms with Crippen LogP contribution in [0.15, 0.2) is 174 Å². The molecule has 0 saturated heterocycles. The zero-order valence-corrected chi connectivity index (χ0v) is 23.4. The molecule has 10 aromatic rings. The van der Waals surface area contributed by atoms with Crippen molar-refractivity contribution in [3.05, 3.63) is 169 Å². The predicted molar refractivity (Wildman–Crippen MR) is 200 cm³/mol. The van der Waals surface area contributed by atoms with Crippen molar-refractivity contribution >= 4 is 65.0 Å². The van der Waals surface area contributed by atoms with E-state index in [4.69, 9.17) is 29.1 Å². The minimum Gasteiger partial charge on any atom is -0.455 e. The van der Waals surface area contributed by atoms with Crippen LogP contribution in [-0.4, -0.2) is 0 Å². The molecule has 0 unspecified atom stereocenters. The van der Waals surface area contributed by atoms with E-state index in [1.807, 2.05) is 0 Å². The second-order valence-corrected chi connectivity index (χ2v) is 10.3. The third-order valence-corrected chi connectivity index (χ3v) is 7.87. The highest BCUT2D eigenvalue weighted by atomic mass is 16.3. The topological polar surface area (TPSA) is 13.1 Å². The van der Waals surface area contributed by atoms with Crippen molar-refractivity contribution < 1.29 is 42.8 Å². The molecule has 1 heteroatoms. The van der Waals surface area contributed by atoms with Crippen LogP contribution in [0.3, 0.4) is 0 Å². The van der Waals surface area contributed by atoms with Crippen LogP contribution >= 0.6 is 0 Å². The van der Waals surface area contributed by atoms with Gasteiger partial charge in [-0.3, -0.25) is 0 Å². The van der Waals surface area contributed by atoms with E-state index in [0.717, 1.165) is 0 Å². The Balaban J connectivity index is 1.58. The van der Waals surface area contributed by atoms with Crippen molar-refractivity contribution in [1.29, 1.82) is 0 Å². The van der Waals surface area contributed by atoms with Gasteiger partial charge in [-0.15, -0.1) is 0 Å². The fraction of sp³-hybridized carbons (Fsp3) is 0. The van der Waals surface area contributed by atoms with E-state index < -0.39 is 268 Å². The van der Waals surface area contributed by atoms with E-state index in [1.54, 1.807) is 0 Å². The molecule has 0 fully saturated rings. The summed E-state index contributed by atoms with van der Waals surface area (Å²) in [6.07, 6.45) is 0. The molecule has 0 amide bonds. The normalized spacial score (nSPS) is 20.2. The number of hydrogen-bond donors (Lipinski definition) is 0. The van der Waals surface area contributed by atoms with Gasteiger partial charge in [0.05, 0.1) is 38.4 Å². The lowest BCUT2D eigenvalue weighted by atomic mass is 9.83. The first kappa shape index (κ1) is 10.7. The standard InChI is InChI=1S/C46H28O/c1-2-13-29(14-3-1)31-27-28-39(34-18-7-6-17-33(31)34)43-35-19-8-10-21-37(35)44(38-22-11-9-20-36(38)43)40-23-12-24-42-45(40)41-26-25-30-15-4-5-16-32(30)46(41)47-42/h1-28H/i1D,2D,3D,4D,5D,6D,7D,8D,9D,10D,11D,12D,13D,14D,15D,16D,17D,18D,19D,20D,21D,22D,23D,24D,25D,26D,27D,28D. The lowest BCUT2D eigenvalue weighted by molar-refractivity contribution is 0.673. The summed E-state index contributed by atoms with van der Waals surface area (Å²) in [7, 11) is 0. The average molecular weight is 625 g/mol. The molecule has 1 heterocycles. The van der Waals surface area contributed by atoms with Crippen molar-refractivity contribution in [1.82, 2.24) is 0 Å². The van der Waals surface area contributed by atoms with Gasteiger partial charge in [0.15, 0.2) is 0 Å². The Kier molecular flexibility index (Phi) is 2.31. The number of furan rings is 1. The molecule has 0 aliphatic heterocycles. The molecule has 0 atom stereocenters. The van der Waals surface area contributed by atoms with Gasteiger partial charge in [-0.25, -0.2) is 0 Å². The minimum absolute atomic E-state index is 0.469. The molecule has 0 bridgehead atoms. The molecule has 0 spiro atoms. The van der Waals surface area contributed by atoms with Gasteiger partial charge in [0.2, 0.25) is 0 Å². The highest BCUT2D eigenvalue weighted by Gasteiger charge is 2.22. The second-order valence-electron chi connectivity index (χ2n) is 10.3. The average Bonchev–Trinajstić information content (AvgIpc) is 3.79. The van der Waals surface area contributed by atoms with Crippen molar-refractivity contribution in [2.75, 3.05) is 0 Å². The number of rotatable bonds is 3. The third kappa shape index (κ3) is 3.84. The fourth-order valence-corrected chi connectivity index (χ4v) is 5.97. The molecule has 1 aromatic heterocycles. The molecule has 0 radical (unpaired) electrons. The molecule has 1 nitrogen and oxygen atoms in total. The molecule has 9 aromatic carbocycles. The minimum atomic E-state index is -1.10. The Morgan fingerprint density at radius 2 is 0.872 bits per heavy atom. The van der Waals surface area contributed by atoms with Crippen LogP contribution in [-0.2, 0) is 0 Å². The van der Waals surface area contributed by atoms with E-state index >= 15 is 0 Å². The number of hydrogen-bond acceptors (Lipinski definition) is 1. The molecule has 0 aliphatic carbocycles. The van der Waals surface area contributed by atoms with E-state index in [0.29, 0.717) is 0 Å². The molecular formula is C46H28O. The first-order valence-electron chi connectivity index (χ1n) is 27.9. The van der Waals surface area contributed by atoms with Gasteiger partial charge >= 0.3 is 0 Å². The molecule has 10 rings (SSSR count). The van der Waals surface area contributed by atoms with Gasteiger partial charge < -0.3 is 4.42 Å². The Bertz CT molecular complexity index is 4330. The van der Waals surface area contributed by atoms with E-state index in [9.17, 15) is 13.7 Å². The van der Waals surface area contributed by atoms with Crippen LogP contribution in [0, 0.1) is 0 Å². The van der Waals surface area contributed by atoms with Crippen molar-refractivity contribution in [2.45, 2.75) is 0 Å². The molecule has 218 valence electrons. The molecule has 47 heavy (non-hydrogen) atoms. The highest BCUT2D eigenvalue weighted by molar-refractivity contribution is 6.28. The smallest absolute Gasteiger partial charge is 0.143 e. The Labute approximate surface area is 311 Å². The maximum Gasteiger partial charge on any atom is 0.143 e. The fourth-order valence-electron chi connectivity index (χ4n) is 5.97. The van der Waals surface area contributed by atoms with Gasteiger partial charge in [0.1, 0.15) is 11.2 Å². The van der Waals surface area contributed by atoms with Gasteiger partial charge in [0, 0.05) is 16.2 Å². The Hall–Kier alpha value is -6.18. The second kappa shape index (κ2) is 10.2. The Morgan fingerprint density at radius 3 is 1.55 bits per heavy atom. The lowest BCUT2D eigenvalue weighted by Crippen LogP contribution is -1.92. The summed E-state index contributed by atoms with van der Waals surface area (Å²) in [5, 5.41) is -6.61. The lowest BCUT2D eigenvalue weighted by Gasteiger charge is -2.20. The predicted octanol–water partition coefficient (Wildman–Crippen LogP) is 13.2. The van der Waals surface area contributed by atoms with Crippen molar-refractivity contribution in [3.8, 4) is 33.4 Å². The summed E-state index contributed by atoms with van der Waals surface area (Å²) < 4.78 is 259. The zero-order valence-electron chi connectivity index (χ0n) is 51.4. The quantitative estimate of drug-likeness (QED) is 0.178. The maximum absolute atomic E-state index is 9.77. The Morgan fingerprint density at radius 1 is 0.340 bits per heavy atom. The summed E-state index contributed by atoms with van der Waals surface area (Å²) in [5.74, 6) is 0. The van der Waals surface area contributed by atoms with E-state index in [2.05, 4.69) is 0 Å². The molecular weight excluding hydrogens is 569 g/mol. The first-order valence-corrected chi connectivity index (χ1v) is 13.9. The van der Waals surface area contributed by atoms with Gasteiger partial charge in [0.25, 0.3) is 0 Å². The summed E-state index contributed by atoms with van der Waals surface area (Å²) >= 11 is 0. The summed E-state index contributed by atoms with van der Waals surface area (Å²) in [6.45, 7) is 0.